The molecule has 0 saturated heterocycles. The van der Waals surface area contributed by atoms with Gasteiger partial charge in [-0.2, -0.15) is 5.10 Å². The molecule has 0 atom stereocenters. The number of hydrogen-bond donors (Lipinski definition) is 1. The molecule has 0 aliphatic heterocycles. The topological polar surface area (TPSA) is 76.8 Å². The molecule has 0 radical (unpaired) electrons. The lowest BCUT2D eigenvalue weighted by Crippen LogP contribution is -1.92. The van der Waals surface area contributed by atoms with Crippen LogP contribution >= 0.6 is 15.9 Å². The number of ether oxygens (including phenoxy) is 1. The fourth-order valence-electron chi connectivity index (χ4n) is 1.60. The zero-order valence-corrected chi connectivity index (χ0v) is 12.7. The number of nitro benzene ring substituents is 1. The van der Waals surface area contributed by atoms with Gasteiger partial charge in [-0.3, -0.25) is 15.5 Å². The van der Waals surface area contributed by atoms with Gasteiger partial charge in [0.05, 0.1) is 28.4 Å². The first-order chi connectivity index (χ1) is 10.1. The standard InChI is InChI=1S/C14H12BrN3O3/c1-21-14-7-2-10(8-13(14)15)9-16-17-11-3-5-12(6-4-11)18(19)20/h2-9,17H,1H3. The van der Waals surface area contributed by atoms with Crippen LogP contribution < -0.4 is 10.2 Å². The molecule has 7 heteroatoms. The van der Waals surface area contributed by atoms with Gasteiger partial charge < -0.3 is 4.74 Å². The minimum atomic E-state index is -0.443. The minimum absolute atomic E-state index is 0.0450. The Hall–Kier alpha value is -2.41. The quantitative estimate of drug-likeness (QED) is 0.505. The lowest BCUT2D eigenvalue weighted by molar-refractivity contribution is -0.384. The van der Waals surface area contributed by atoms with Gasteiger partial charge in [-0.25, -0.2) is 0 Å². The van der Waals surface area contributed by atoms with E-state index in [1.807, 2.05) is 18.2 Å². The van der Waals surface area contributed by atoms with Gasteiger partial charge in [-0.1, -0.05) is 0 Å². The second kappa shape index (κ2) is 6.85. The van der Waals surface area contributed by atoms with E-state index in [0.717, 1.165) is 15.8 Å². The van der Waals surface area contributed by atoms with Crippen LogP contribution in [0.5, 0.6) is 5.75 Å². The van der Waals surface area contributed by atoms with Crippen LogP contribution in [0.3, 0.4) is 0 Å². The molecule has 0 fully saturated rings. The maximum Gasteiger partial charge on any atom is 0.269 e. The fourth-order valence-corrected chi connectivity index (χ4v) is 2.16. The van der Waals surface area contributed by atoms with E-state index in [-0.39, 0.29) is 5.69 Å². The molecular weight excluding hydrogens is 338 g/mol. The van der Waals surface area contributed by atoms with Gasteiger partial charge in [0.1, 0.15) is 5.75 Å². The van der Waals surface area contributed by atoms with E-state index < -0.39 is 4.92 Å². The van der Waals surface area contributed by atoms with Crippen molar-refractivity contribution in [2.75, 3.05) is 12.5 Å². The molecule has 0 aromatic heterocycles. The molecule has 2 aromatic rings. The highest BCUT2D eigenvalue weighted by atomic mass is 79.9. The first-order valence-corrected chi connectivity index (χ1v) is 6.76. The molecule has 0 bridgehead atoms. The molecule has 6 nitrogen and oxygen atoms in total. The van der Waals surface area contributed by atoms with Crippen molar-refractivity contribution in [3.8, 4) is 5.75 Å². The molecule has 21 heavy (non-hydrogen) atoms. The summed E-state index contributed by atoms with van der Waals surface area (Å²) in [5.74, 6) is 0.746. The molecule has 0 saturated carbocycles. The number of hydrogen-bond acceptors (Lipinski definition) is 5. The Kier molecular flexibility index (Phi) is 4.89. The van der Waals surface area contributed by atoms with Gasteiger partial charge in [0.2, 0.25) is 0 Å². The van der Waals surface area contributed by atoms with Crippen molar-refractivity contribution in [3.63, 3.8) is 0 Å². The number of halogens is 1. The first kappa shape index (κ1) is 15.0. The SMILES string of the molecule is COc1ccc(C=NNc2ccc([N+](=O)[O-])cc2)cc1Br. The van der Waals surface area contributed by atoms with Crippen molar-refractivity contribution in [1.82, 2.24) is 0 Å². The van der Waals surface area contributed by atoms with Crippen LogP contribution in [0.15, 0.2) is 52.0 Å². The predicted octanol–water partition coefficient (Wildman–Crippen LogP) is 3.81. The summed E-state index contributed by atoms with van der Waals surface area (Å²) < 4.78 is 5.98. The summed E-state index contributed by atoms with van der Waals surface area (Å²) in [6.07, 6.45) is 1.64. The number of rotatable bonds is 5. The molecular formula is C14H12BrN3O3. The van der Waals surface area contributed by atoms with Crippen LogP contribution in [-0.2, 0) is 0 Å². The largest absolute Gasteiger partial charge is 0.496 e. The van der Waals surface area contributed by atoms with Crippen LogP contribution in [-0.4, -0.2) is 18.2 Å². The average molecular weight is 350 g/mol. The summed E-state index contributed by atoms with van der Waals surface area (Å²) in [4.78, 5) is 10.1. The van der Waals surface area contributed by atoms with E-state index >= 15 is 0 Å². The molecule has 0 amide bonds. The van der Waals surface area contributed by atoms with Gasteiger partial charge in [-0.05, 0) is 51.8 Å². The maximum atomic E-state index is 10.5. The smallest absolute Gasteiger partial charge is 0.269 e. The van der Waals surface area contributed by atoms with E-state index in [1.165, 1.54) is 12.1 Å². The average Bonchev–Trinajstić information content (AvgIpc) is 2.48. The third-order valence-corrected chi connectivity index (χ3v) is 3.28. The highest BCUT2D eigenvalue weighted by Gasteiger charge is 2.03. The zero-order chi connectivity index (χ0) is 15.2. The molecule has 0 unspecified atom stereocenters. The summed E-state index contributed by atoms with van der Waals surface area (Å²) >= 11 is 3.39. The zero-order valence-electron chi connectivity index (χ0n) is 11.1. The third kappa shape index (κ3) is 4.03. The van der Waals surface area contributed by atoms with Crippen LogP contribution in [0.2, 0.25) is 0 Å². The Morgan fingerprint density at radius 1 is 1.29 bits per heavy atom. The lowest BCUT2D eigenvalue weighted by Gasteiger charge is -2.03. The van der Waals surface area contributed by atoms with E-state index in [0.29, 0.717) is 5.69 Å². The van der Waals surface area contributed by atoms with E-state index in [9.17, 15) is 10.1 Å². The number of nitro groups is 1. The van der Waals surface area contributed by atoms with Crippen LogP contribution in [0.25, 0.3) is 0 Å². The summed E-state index contributed by atoms with van der Waals surface area (Å²) in [5, 5.41) is 14.6. The Morgan fingerprint density at radius 2 is 2.00 bits per heavy atom. The molecule has 2 rings (SSSR count). The Morgan fingerprint density at radius 3 is 2.57 bits per heavy atom. The van der Waals surface area contributed by atoms with E-state index in [4.69, 9.17) is 4.74 Å². The van der Waals surface area contributed by atoms with E-state index in [1.54, 1.807) is 25.5 Å². The first-order valence-electron chi connectivity index (χ1n) is 5.97. The van der Waals surface area contributed by atoms with Crippen molar-refractivity contribution in [2.24, 2.45) is 5.10 Å². The fraction of sp³-hybridized carbons (Fsp3) is 0.0714. The van der Waals surface area contributed by atoms with Crippen LogP contribution in [0, 0.1) is 10.1 Å². The predicted molar refractivity (Wildman–Crippen MR) is 85.0 cm³/mol. The van der Waals surface area contributed by atoms with E-state index in [2.05, 4.69) is 26.5 Å². The summed E-state index contributed by atoms with van der Waals surface area (Å²) in [7, 11) is 1.60. The van der Waals surface area contributed by atoms with Gasteiger partial charge >= 0.3 is 0 Å². The normalized spacial score (nSPS) is 10.6. The van der Waals surface area contributed by atoms with Gasteiger partial charge in [0, 0.05) is 12.1 Å². The summed E-state index contributed by atoms with van der Waals surface area (Å²) in [6, 6.07) is 11.6. The Balaban J connectivity index is 2.01. The van der Waals surface area contributed by atoms with Crippen molar-refractivity contribution in [2.45, 2.75) is 0 Å². The number of hydrazone groups is 1. The number of benzene rings is 2. The molecule has 2 aromatic carbocycles. The number of nitrogens with one attached hydrogen (secondary N) is 1. The molecule has 108 valence electrons. The van der Waals surface area contributed by atoms with Crippen molar-refractivity contribution in [3.05, 3.63) is 62.6 Å². The van der Waals surface area contributed by atoms with Crippen LogP contribution in [0.4, 0.5) is 11.4 Å². The third-order valence-electron chi connectivity index (χ3n) is 2.66. The number of methoxy groups -OCH3 is 1. The molecule has 0 aliphatic carbocycles. The number of nitrogens with zero attached hydrogens (tertiary/aromatic N) is 2. The Bertz CT molecular complexity index is 672. The van der Waals surface area contributed by atoms with Crippen LogP contribution in [0.1, 0.15) is 5.56 Å². The molecule has 0 aliphatic rings. The van der Waals surface area contributed by atoms with Gasteiger partial charge in [-0.15, -0.1) is 0 Å². The highest BCUT2D eigenvalue weighted by Crippen LogP contribution is 2.24. The van der Waals surface area contributed by atoms with Crippen molar-refractivity contribution in [1.29, 1.82) is 0 Å². The second-order valence-electron chi connectivity index (χ2n) is 4.07. The summed E-state index contributed by atoms with van der Waals surface area (Å²) in [6.45, 7) is 0. The van der Waals surface area contributed by atoms with Gasteiger partial charge in [0.15, 0.2) is 0 Å². The minimum Gasteiger partial charge on any atom is -0.496 e. The molecule has 1 N–H and O–H groups in total. The molecule has 0 heterocycles. The highest BCUT2D eigenvalue weighted by molar-refractivity contribution is 9.10. The monoisotopic (exact) mass is 349 g/mol. The summed E-state index contributed by atoms with van der Waals surface area (Å²) in [5.41, 5.74) is 4.41. The van der Waals surface area contributed by atoms with Gasteiger partial charge in [0.25, 0.3) is 5.69 Å². The number of anilines is 1. The number of non-ortho nitro benzene ring substituents is 1. The lowest BCUT2D eigenvalue weighted by atomic mass is 10.2. The maximum absolute atomic E-state index is 10.5. The van der Waals surface area contributed by atoms with Crippen molar-refractivity contribution >= 4 is 33.5 Å². The second-order valence-corrected chi connectivity index (χ2v) is 4.92. The Labute approximate surface area is 129 Å². The molecule has 0 spiro atoms. The van der Waals surface area contributed by atoms with Crippen molar-refractivity contribution < 1.29 is 9.66 Å².